The minimum absolute atomic E-state index is 0.856. The van der Waals surface area contributed by atoms with E-state index in [0.717, 1.165) is 37.4 Å². The lowest BCUT2D eigenvalue weighted by Gasteiger charge is -2.28. The van der Waals surface area contributed by atoms with Crippen LogP contribution in [0.5, 0.6) is 0 Å². The van der Waals surface area contributed by atoms with Gasteiger partial charge in [-0.1, -0.05) is 24.1 Å². The van der Waals surface area contributed by atoms with E-state index in [2.05, 4.69) is 26.9 Å². The van der Waals surface area contributed by atoms with Crippen LogP contribution in [-0.4, -0.2) is 21.4 Å². The zero-order valence-electron chi connectivity index (χ0n) is 11.6. The van der Waals surface area contributed by atoms with Gasteiger partial charge in [0.2, 0.25) is 0 Å². The van der Waals surface area contributed by atoms with Crippen LogP contribution in [-0.2, 0) is 19.5 Å². The van der Waals surface area contributed by atoms with Crippen molar-refractivity contribution in [3.63, 3.8) is 0 Å². The average molecular weight is 263 g/mol. The molecule has 0 atom stereocenters. The number of rotatable bonds is 2. The van der Waals surface area contributed by atoms with Crippen LogP contribution in [0.25, 0.3) is 0 Å². The van der Waals surface area contributed by atoms with Gasteiger partial charge in [0.05, 0.1) is 0 Å². The zero-order chi connectivity index (χ0) is 13.9. The minimum atomic E-state index is 0.856. The highest BCUT2D eigenvalue weighted by molar-refractivity contribution is 5.39. The van der Waals surface area contributed by atoms with Crippen molar-refractivity contribution in [1.82, 2.24) is 14.9 Å². The van der Waals surface area contributed by atoms with E-state index in [9.17, 15) is 0 Å². The molecule has 0 amide bonds. The fourth-order valence-electron chi connectivity index (χ4n) is 2.65. The Hall–Kier alpha value is -2.18. The van der Waals surface area contributed by atoms with Crippen LogP contribution < -0.4 is 0 Å². The molecule has 20 heavy (non-hydrogen) atoms. The van der Waals surface area contributed by atoms with Gasteiger partial charge in [-0.25, -0.2) is 9.97 Å². The number of hydrogen-bond donors (Lipinski definition) is 0. The van der Waals surface area contributed by atoms with E-state index in [1.165, 1.54) is 16.8 Å². The lowest BCUT2D eigenvalue weighted by Crippen LogP contribution is -2.31. The Bertz CT molecular complexity index is 670. The first-order valence-corrected chi connectivity index (χ1v) is 6.84. The van der Waals surface area contributed by atoms with Gasteiger partial charge >= 0.3 is 0 Å². The summed E-state index contributed by atoms with van der Waals surface area (Å²) in [6.45, 7) is 4.74. The molecule has 100 valence electrons. The highest BCUT2D eigenvalue weighted by Gasteiger charge is 2.18. The molecule has 1 aromatic carbocycles. The predicted octanol–water partition coefficient (Wildman–Crippen LogP) is 2.32. The van der Waals surface area contributed by atoms with Crippen LogP contribution in [0, 0.1) is 19.3 Å². The van der Waals surface area contributed by atoms with Gasteiger partial charge in [0, 0.05) is 49.1 Å². The summed E-state index contributed by atoms with van der Waals surface area (Å²) in [4.78, 5) is 11.2. The Morgan fingerprint density at radius 1 is 1.35 bits per heavy atom. The molecular formula is C17H17N3. The van der Waals surface area contributed by atoms with Crippen LogP contribution in [0.3, 0.4) is 0 Å². The number of nitrogens with zero attached hydrogens (tertiary/aromatic N) is 3. The van der Waals surface area contributed by atoms with Gasteiger partial charge in [-0.15, -0.1) is 6.42 Å². The van der Waals surface area contributed by atoms with Crippen LogP contribution in [0.2, 0.25) is 0 Å². The second kappa shape index (κ2) is 5.44. The molecule has 1 aromatic heterocycles. The zero-order valence-corrected chi connectivity index (χ0v) is 11.6. The molecule has 3 rings (SSSR count). The van der Waals surface area contributed by atoms with Gasteiger partial charge in [-0.3, -0.25) is 4.90 Å². The van der Waals surface area contributed by atoms with Gasteiger partial charge in [0.15, 0.2) is 0 Å². The Kier molecular flexibility index (Phi) is 3.49. The van der Waals surface area contributed by atoms with Crippen molar-refractivity contribution < 1.29 is 0 Å². The fourth-order valence-corrected chi connectivity index (χ4v) is 2.65. The summed E-state index contributed by atoms with van der Waals surface area (Å²) < 4.78 is 0. The molecule has 2 heterocycles. The maximum atomic E-state index is 5.56. The van der Waals surface area contributed by atoms with Gasteiger partial charge < -0.3 is 0 Å². The third kappa shape index (κ3) is 2.56. The Morgan fingerprint density at radius 2 is 2.20 bits per heavy atom. The molecule has 1 aliphatic heterocycles. The van der Waals surface area contributed by atoms with Gasteiger partial charge in [0.1, 0.15) is 5.82 Å². The monoisotopic (exact) mass is 263 g/mol. The topological polar surface area (TPSA) is 29.0 Å². The van der Waals surface area contributed by atoms with E-state index in [4.69, 9.17) is 6.42 Å². The SMILES string of the molecule is C#Cc1ccccc1CN1CCc2nc(C)ncc2C1. The molecule has 0 saturated carbocycles. The third-order valence-corrected chi connectivity index (χ3v) is 3.70. The maximum Gasteiger partial charge on any atom is 0.125 e. The van der Waals surface area contributed by atoms with Crippen molar-refractivity contribution in [3.05, 3.63) is 58.7 Å². The largest absolute Gasteiger partial charge is 0.294 e. The average Bonchev–Trinajstić information content (AvgIpc) is 2.48. The lowest BCUT2D eigenvalue weighted by molar-refractivity contribution is 0.242. The molecule has 3 nitrogen and oxygen atoms in total. The van der Waals surface area contributed by atoms with Crippen LogP contribution in [0.1, 0.15) is 28.2 Å². The van der Waals surface area contributed by atoms with Crippen LogP contribution >= 0.6 is 0 Å². The molecule has 1 aliphatic rings. The van der Waals surface area contributed by atoms with E-state index in [0.29, 0.717) is 0 Å². The number of benzene rings is 1. The van der Waals surface area contributed by atoms with E-state index < -0.39 is 0 Å². The summed E-state index contributed by atoms with van der Waals surface area (Å²) in [5.74, 6) is 3.62. The number of aryl methyl sites for hydroxylation is 1. The van der Waals surface area contributed by atoms with Crippen molar-refractivity contribution in [1.29, 1.82) is 0 Å². The molecule has 0 bridgehead atoms. The van der Waals surface area contributed by atoms with Gasteiger partial charge in [0.25, 0.3) is 0 Å². The molecular weight excluding hydrogens is 246 g/mol. The Morgan fingerprint density at radius 3 is 3.05 bits per heavy atom. The summed E-state index contributed by atoms with van der Waals surface area (Å²) in [6, 6.07) is 8.14. The first kappa shape index (κ1) is 12.8. The van der Waals surface area contributed by atoms with Crippen LogP contribution in [0.4, 0.5) is 0 Å². The summed E-state index contributed by atoms with van der Waals surface area (Å²) in [7, 11) is 0. The van der Waals surface area contributed by atoms with Crippen molar-refractivity contribution in [2.24, 2.45) is 0 Å². The molecule has 2 aromatic rings. The normalized spacial score (nSPS) is 14.6. The number of fused-ring (bicyclic) bond motifs is 1. The van der Waals surface area contributed by atoms with Gasteiger partial charge in [-0.05, 0) is 18.6 Å². The summed E-state index contributed by atoms with van der Waals surface area (Å²) in [5.41, 5.74) is 4.63. The second-order valence-electron chi connectivity index (χ2n) is 5.15. The molecule has 0 aliphatic carbocycles. The first-order chi connectivity index (χ1) is 9.76. The van der Waals surface area contributed by atoms with Crippen LogP contribution in [0.15, 0.2) is 30.5 Å². The van der Waals surface area contributed by atoms with Crippen molar-refractivity contribution >= 4 is 0 Å². The standard InChI is InChI=1S/C17H17N3/c1-3-14-6-4-5-7-15(14)11-20-9-8-17-16(12-20)10-18-13(2)19-17/h1,4-7,10H,8-9,11-12H2,2H3. The Labute approximate surface area is 119 Å². The minimum Gasteiger partial charge on any atom is -0.294 e. The molecule has 0 N–H and O–H groups in total. The fraction of sp³-hybridized carbons (Fsp3) is 0.294. The van der Waals surface area contributed by atoms with E-state index in [-0.39, 0.29) is 0 Å². The molecule has 0 saturated heterocycles. The predicted molar refractivity (Wildman–Crippen MR) is 79.0 cm³/mol. The summed E-state index contributed by atoms with van der Waals surface area (Å²) in [6.07, 6.45) is 8.50. The molecule has 0 unspecified atom stereocenters. The molecule has 0 spiro atoms. The summed E-state index contributed by atoms with van der Waals surface area (Å²) in [5, 5.41) is 0. The highest BCUT2D eigenvalue weighted by Crippen LogP contribution is 2.19. The summed E-state index contributed by atoms with van der Waals surface area (Å²) >= 11 is 0. The Balaban J connectivity index is 1.78. The molecule has 0 radical (unpaired) electrons. The number of terminal acetylenes is 1. The quantitative estimate of drug-likeness (QED) is 0.779. The van der Waals surface area contributed by atoms with E-state index in [1.54, 1.807) is 0 Å². The molecule has 3 heteroatoms. The maximum absolute atomic E-state index is 5.56. The first-order valence-electron chi connectivity index (χ1n) is 6.84. The van der Waals surface area contributed by atoms with Gasteiger partial charge in [-0.2, -0.15) is 0 Å². The number of aromatic nitrogens is 2. The van der Waals surface area contributed by atoms with Crippen molar-refractivity contribution in [2.75, 3.05) is 6.54 Å². The van der Waals surface area contributed by atoms with E-state index >= 15 is 0 Å². The lowest BCUT2D eigenvalue weighted by atomic mass is 10.0. The highest BCUT2D eigenvalue weighted by atomic mass is 15.1. The molecule has 0 fully saturated rings. The smallest absolute Gasteiger partial charge is 0.125 e. The van der Waals surface area contributed by atoms with E-state index in [1.807, 2.05) is 31.3 Å². The van der Waals surface area contributed by atoms with Crippen molar-refractivity contribution in [2.45, 2.75) is 26.4 Å². The third-order valence-electron chi connectivity index (χ3n) is 3.70. The number of hydrogen-bond acceptors (Lipinski definition) is 3. The second-order valence-corrected chi connectivity index (χ2v) is 5.15. The van der Waals surface area contributed by atoms with Crippen molar-refractivity contribution in [3.8, 4) is 12.3 Å².